The molecule has 12 heteroatoms. The minimum Gasteiger partial charge on any atom is -0.423 e. The van der Waals surface area contributed by atoms with Gasteiger partial charge in [-0.3, -0.25) is 0 Å². The Bertz CT molecular complexity index is 3750. The van der Waals surface area contributed by atoms with Crippen molar-refractivity contribution < 1.29 is 32.0 Å². The maximum atomic E-state index is 14.0. The molecule has 2 N–H and O–H groups in total. The maximum absolute atomic E-state index is 14.0. The largest absolute Gasteiger partial charge is 0.488 e. The fraction of sp³-hybridized carbons (Fsp3) is 0. The summed E-state index contributed by atoms with van der Waals surface area (Å²) in [4.78, 5) is 0. The number of hydrogen-bond acceptors (Lipinski definition) is 2. The van der Waals surface area contributed by atoms with Crippen LogP contribution >= 0.6 is 63.7 Å². The Balaban J connectivity index is 0.000000160. The highest BCUT2D eigenvalue weighted by Crippen LogP contribution is 2.49. The SMILES string of the molecule is Brc1cc(Br)c2ccc3c(Br)cc(Br)c4ccc1c2c43.Fc1ccc(-c2cc(-c3ccc(F)cc3)c3ccc4c(-c5ccc(F)cc5)cc(-c5ccc(F)cc5)c5ccc2c3c54)cc1.OB(O)c1ccc(F)cc1. The molecule has 0 aromatic heterocycles. The standard InChI is InChI=1S/C40H22F4.C16H6Br4.C6H6BFO2/c41-27-9-1-23(2-10-27)35-21-36(24-3-11-28(42)12-4-24)32-19-20-34-38(26-7-15-30(44)16-8-26)22-37(25-5-13-29(43)14-6-25)33-18-17-31(35)39(32)40(33)34;17-11-5-13(19)9-3-4-10-14(20)6-12(18)8-2-1-7(11)15(9)16(8)10;8-6-3-1-5(2-4-6)7(9)10/h1-22H;1-6H;1-4,9-10H. The van der Waals surface area contributed by atoms with Crippen LogP contribution in [0, 0.1) is 29.1 Å². The molecule has 0 fully saturated rings. The average molecular weight is 1240 g/mol. The Morgan fingerprint density at radius 1 is 0.257 bits per heavy atom. The van der Waals surface area contributed by atoms with Crippen molar-refractivity contribution in [1.82, 2.24) is 0 Å². The molecule has 0 aliphatic heterocycles. The van der Waals surface area contributed by atoms with Crippen LogP contribution in [0.2, 0.25) is 0 Å². The number of halogens is 9. The predicted octanol–water partition coefficient (Wildman–Crippen LogP) is 18.9. The molecule has 0 aliphatic carbocycles. The summed E-state index contributed by atoms with van der Waals surface area (Å²) in [6, 6.07) is 56.2. The van der Waals surface area contributed by atoms with Crippen LogP contribution in [0.25, 0.3) is 109 Å². The molecule has 0 unspecified atom stereocenters. The molecular formula is C62H34BBr4F5O2. The Hall–Kier alpha value is -6.51. The van der Waals surface area contributed by atoms with Gasteiger partial charge in [0.1, 0.15) is 29.1 Å². The van der Waals surface area contributed by atoms with Crippen LogP contribution in [0.15, 0.2) is 212 Å². The van der Waals surface area contributed by atoms with Gasteiger partial charge in [-0.15, -0.1) is 0 Å². The highest BCUT2D eigenvalue weighted by atomic mass is 79.9. The van der Waals surface area contributed by atoms with Crippen molar-refractivity contribution in [3.05, 3.63) is 241 Å². The highest BCUT2D eigenvalue weighted by Gasteiger charge is 2.22. The molecule has 360 valence electrons. The zero-order valence-corrected chi connectivity index (χ0v) is 44.7. The smallest absolute Gasteiger partial charge is 0.423 e. The van der Waals surface area contributed by atoms with E-state index in [0.29, 0.717) is 5.46 Å². The maximum Gasteiger partial charge on any atom is 0.488 e. The lowest BCUT2D eigenvalue weighted by Gasteiger charge is -2.21. The first-order valence-corrected chi connectivity index (χ1v) is 26.2. The van der Waals surface area contributed by atoms with Gasteiger partial charge in [-0.05, 0) is 200 Å². The lowest BCUT2D eigenvalue weighted by atomic mass is 9.80. The first kappa shape index (κ1) is 49.7. The van der Waals surface area contributed by atoms with Gasteiger partial charge >= 0.3 is 7.12 Å². The molecule has 0 saturated carbocycles. The van der Waals surface area contributed by atoms with Gasteiger partial charge in [0.15, 0.2) is 0 Å². The molecule has 0 aliphatic rings. The van der Waals surface area contributed by atoms with Crippen molar-refractivity contribution in [2.24, 2.45) is 0 Å². The summed E-state index contributed by atoms with van der Waals surface area (Å²) in [5, 5.41) is 30.6. The van der Waals surface area contributed by atoms with Crippen molar-refractivity contribution in [3.8, 4) is 44.5 Å². The summed E-state index contributed by atoms with van der Waals surface area (Å²) in [6.45, 7) is 0. The molecule has 74 heavy (non-hydrogen) atoms. The van der Waals surface area contributed by atoms with Gasteiger partial charge in [0.25, 0.3) is 0 Å². The highest BCUT2D eigenvalue weighted by molar-refractivity contribution is 9.11. The summed E-state index contributed by atoms with van der Waals surface area (Å²) in [5.74, 6) is -1.67. The molecule has 0 spiro atoms. The molecule has 13 aromatic rings. The third-order valence-corrected chi connectivity index (χ3v) is 16.0. The van der Waals surface area contributed by atoms with Crippen molar-refractivity contribution in [2.75, 3.05) is 0 Å². The molecule has 2 nitrogen and oxygen atoms in total. The van der Waals surface area contributed by atoms with Gasteiger partial charge in [0.2, 0.25) is 0 Å². The average Bonchev–Trinajstić information content (AvgIpc) is 3.41. The Morgan fingerprint density at radius 3 is 0.689 bits per heavy atom. The van der Waals surface area contributed by atoms with E-state index < -0.39 is 7.12 Å². The zero-order chi connectivity index (χ0) is 51.5. The van der Waals surface area contributed by atoms with Crippen molar-refractivity contribution in [2.45, 2.75) is 0 Å². The second-order valence-electron chi connectivity index (χ2n) is 17.7. The van der Waals surface area contributed by atoms with E-state index in [1.807, 2.05) is 0 Å². The quantitative estimate of drug-likeness (QED) is 0.102. The zero-order valence-electron chi connectivity index (χ0n) is 38.3. The Kier molecular flexibility index (Phi) is 13.6. The topological polar surface area (TPSA) is 40.5 Å². The van der Waals surface area contributed by atoms with Crippen LogP contribution < -0.4 is 5.46 Å². The Morgan fingerprint density at radius 2 is 0.459 bits per heavy atom. The van der Waals surface area contributed by atoms with Crippen molar-refractivity contribution in [1.29, 1.82) is 0 Å². The predicted molar refractivity (Wildman–Crippen MR) is 309 cm³/mol. The summed E-state index contributed by atoms with van der Waals surface area (Å²) in [7, 11) is -1.51. The summed E-state index contributed by atoms with van der Waals surface area (Å²) >= 11 is 14.7. The molecule has 0 saturated heterocycles. The Labute approximate surface area is 455 Å². The fourth-order valence-electron chi connectivity index (χ4n) is 9.93. The first-order chi connectivity index (χ1) is 35.7. The molecule has 13 aromatic carbocycles. The molecule has 0 atom stereocenters. The van der Waals surface area contributed by atoms with E-state index in [4.69, 9.17) is 10.0 Å². The number of benzene rings is 13. The summed E-state index contributed by atoms with van der Waals surface area (Å²) in [6.07, 6.45) is 0. The minimum atomic E-state index is -1.51. The van der Waals surface area contributed by atoms with Crippen molar-refractivity contribution in [3.63, 3.8) is 0 Å². The van der Waals surface area contributed by atoms with Gasteiger partial charge in [-0.2, -0.15) is 0 Å². The van der Waals surface area contributed by atoms with E-state index in [9.17, 15) is 22.0 Å². The van der Waals surface area contributed by atoms with Gasteiger partial charge in [0.05, 0.1) is 0 Å². The molecule has 0 amide bonds. The lowest BCUT2D eigenvalue weighted by molar-refractivity contribution is 0.425. The molecule has 13 rings (SSSR count). The molecule has 0 heterocycles. The third-order valence-electron chi connectivity index (χ3n) is 13.4. The second kappa shape index (κ2) is 20.3. The van der Waals surface area contributed by atoms with E-state index in [0.717, 1.165) is 94.7 Å². The van der Waals surface area contributed by atoms with Crippen LogP contribution in [0.5, 0.6) is 0 Å². The summed E-state index contributed by atoms with van der Waals surface area (Å²) < 4.78 is 72.6. The fourth-order valence-corrected chi connectivity index (χ4v) is 12.8. The van der Waals surface area contributed by atoms with Gasteiger partial charge in [0, 0.05) is 17.9 Å². The minimum absolute atomic E-state index is 0.293. The van der Waals surface area contributed by atoms with Crippen LogP contribution in [0.4, 0.5) is 22.0 Å². The van der Waals surface area contributed by atoms with E-state index in [-0.39, 0.29) is 29.1 Å². The first-order valence-electron chi connectivity index (χ1n) is 23.1. The van der Waals surface area contributed by atoms with E-state index in [2.05, 4.69) is 137 Å². The summed E-state index contributed by atoms with van der Waals surface area (Å²) in [5.41, 5.74) is 7.37. The van der Waals surface area contributed by atoms with Crippen LogP contribution in [0.3, 0.4) is 0 Å². The number of hydrogen-bond donors (Lipinski definition) is 2. The van der Waals surface area contributed by atoms with E-state index >= 15 is 0 Å². The van der Waals surface area contributed by atoms with Gasteiger partial charge in [-0.1, -0.05) is 173 Å². The van der Waals surface area contributed by atoms with Crippen molar-refractivity contribution >= 4 is 141 Å². The monoisotopic (exact) mass is 1230 g/mol. The molecule has 0 bridgehead atoms. The lowest BCUT2D eigenvalue weighted by Crippen LogP contribution is -2.29. The van der Waals surface area contributed by atoms with Gasteiger partial charge < -0.3 is 10.0 Å². The number of rotatable bonds is 5. The van der Waals surface area contributed by atoms with Crippen LogP contribution in [-0.4, -0.2) is 17.2 Å². The normalized spacial score (nSPS) is 11.4. The van der Waals surface area contributed by atoms with Crippen LogP contribution in [0.1, 0.15) is 0 Å². The van der Waals surface area contributed by atoms with Crippen LogP contribution in [-0.2, 0) is 0 Å². The second-order valence-corrected chi connectivity index (χ2v) is 21.1. The van der Waals surface area contributed by atoms with E-state index in [1.165, 1.54) is 105 Å². The third kappa shape index (κ3) is 9.26. The van der Waals surface area contributed by atoms with E-state index in [1.54, 1.807) is 48.5 Å². The van der Waals surface area contributed by atoms with Gasteiger partial charge in [-0.25, -0.2) is 22.0 Å². The molecular weight excluding hydrogens is 1200 g/mol. The molecule has 0 radical (unpaired) electrons.